The zero-order valence-electron chi connectivity index (χ0n) is 15.2. The second kappa shape index (κ2) is 7.10. The highest BCUT2D eigenvalue weighted by molar-refractivity contribution is 6.10. The van der Waals surface area contributed by atoms with Crippen molar-refractivity contribution < 1.29 is 22.8 Å². The molecule has 0 fully saturated rings. The number of hydrogen-bond acceptors (Lipinski definition) is 3. The van der Waals surface area contributed by atoms with E-state index in [9.17, 15) is 22.8 Å². The topological polar surface area (TPSA) is 61.8 Å². The molecular formula is C20H18F3N3O2. The number of aryl methyl sites for hydroxylation is 1. The average Bonchev–Trinajstić information content (AvgIpc) is 2.88. The Labute approximate surface area is 159 Å². The van der Waals surface area contributed by atoms with Crippen LogP contribution in [0.25, 0.3) is 0 Å². The van der Waals surface area contributed by atoms with Gasteiger partial charge in [-0.3, -0.25) is 14.5 Å². The van der Waals surface area contributed by atoms with Gasteiger partial charge < -0.3 is 5.32 Å². The number of carbonyl (C=O) groups excluding carboxylic acids is 2. The minimum absolute atomic E-state index is 0.0105. The van der Waals surface area contributed by atoms with Gasteiger partial charge in [0.25, 0.3) is 11.8 Å². The molecule has 1 N–H and O–H groups in total. The van der Waals surface area contributed by atoms with Crippen LogP contribution in [0.1, 0.15) is 28.4 Å². The monoisotopic (exact) mass is 389 g/mol. The predicted molar refractivity (Wildman–Crippen MR) is 97.5 cm³/mol. The van der Waals surface area contributed by atoms with Gasteiger partial charge >= 0.3 is 11.8 Å². The normalized spacial score (nSPS) is 19.5. The molecule has 0 saturated heterocycles. The van der Waals surface area contributed by atoms with Crippen LogP contribution >= 0.6 is 0 Å². The molecule has 1 aliphatic rings. The zero-order chi connectivity index (χ0) is 20.5. The Balaban J connectivity index is 1.92. The molecule has 1 heterocycles. The lowest BCUT2D eigenvalue weighted by molar-refractivity contribution is -0.196. The SMILES string of the molecule is CC1=NC(NC(=O)c2ccc(C)cc2)(C(F)(F)F)C(=O)N1Cc1ccccc1. The summed E-state index contributed by atoms with van der Waals surface area (Å²) in [5, 5.41) is 1.82. The Morgan fingerprint density at radius 2 is 1.68 bits per heavy atom. The van der Waals surface area contributed by atoms with E-state index in [-0.39, 0.29) is 17.9 Å². The molecule has 5 nitrogen and oxygen atoms in total. The van der Waals surface area contributed by atoms with Crippen LogP contribution in [0.4, 0.5) is 13.2 Å². The van der Waals surface area contributed by atoms with E-state index in [2.05, 4.69) is 4.99 Å². The summed E-state index contributed by atoms with van der Waals surface area (Å²) in [5.74, 6) is -2.47. The van der Waals surface area contributed by atoms with Gasteiger partial charge in [0.05, 0.1) is 6.54 Å². The number of nitrogens with zero attached hydrogens (tertiary/aromatic N) is 2. The minimum atomic E-state index is -5.10. The number of amides is 2. The van der Waals surface area contributed by atoms with Gasteiger partial charge in [-0.2, -0.15) is 13.2 Å². The van der Waals surface area contributed by atoms with Gasteiger partial charge in [-0.1, -0.05) is 48.0 Å². The van der Waals surface area contributed by atoms with Gasteiger partial charge in [-0.05, 0) is 31.5 Å². The number of benzene rings is 2. The summed E-state index contributed by atoms with van der Waals surface area (Å²) in [5.41, 5.74) is -1.83. The number of rotatable bonds is 4. The van der Waals surface area contributed by atoms with Crippen molar-refractivity contribution >= 4 is 17.6 Å². The van der Waals surface area contributed by atoms with Gasteiger partial charge in [0.2, 0.25) is 0 Å². The highest BCUT2D eigenvalue weighted by Gasteiger charge is 2.66. The quantitative estimate of drug-likeness (QED) is 0.871. The fourth-order valence-electron chi connectivity index (χ4n) is 2.92. The molecule has 0 spiro atoms. The van der Waals surface area contributed by atoms with Gasteiger partial charge in [-0.15, -0.1) is 0 Å². The number of hydrogen-bond donors (Lipinski definition) is 1. The van der Waals surface area contributed by atoms with Crippen molar-refractivity contribution in [2.75, 3.05) is 0 Å². The number of nitrogens with one attached hydrogen (secondary N) is 1. The largest absolute Gasteiger partial charge is 0.442 e. The van der Waals surface area contributed by atoms with E-state index in [0.29, 0.717) is 5.56 Å². The van der Waals surface area contributed by atoms with Crippen molar-refractivity contribution in [2.24, 2.45) is 4.99 Å². The van der Waals surface area contributed by atoms with Crippen molar-refractivity contribution in [1.82, 2.24) is 10.2 Å². The Morgan fingerprint density at radius 1 is 1.07 bits per heavy atom. The van der Waals surface area contributed by atoms with Crippen molar-refractivity contribution in [3.63, 3.8) is 0 Å². The lowest BCUT2D eigenvalue weighted by Crippen LogP contribution is -2.63. The first-order valence-electron chi connectivity index (χ1n) is 8.52. The maximum atomic E-state index is 13.9. The average molecular weight is 389 g/mol. The number of amidine groups is 1. The first-order chi connectivity index (χ1) is 13.1. The summed E-state index contributed by atoms with van der Waals surface area (Å²) in [6.45, 7) is 3.02. The Kier molecular flexibility index (Phi) is 4.97. The third-order valence-electron chi connectivity index (χ3n) is 4.48. The highest BCUT2D eigenvalue weighted by atomic mass is 19.4. The third kappa shape index (κ3) is 3.49. The van der Waals surface area contributed by atoms with Crippen molar-refractivity contribution in [1.29, 1.82) is 0 Å². The van der Waals surface area contributed by atoms with Crippen molar-refractivity contribution in [3.05, 3.63) is 71.3 Å². The molecule has 3 rings (SSSR count). The molecule has 28 heavy (non-hydrogen) atoms. The molecule has 1 aliphatic heterocycles. The van der Waals surface area contributed by atoms with Gasteiger partial charge in [0.1, 0.15) is 5.84 Å². The number of carbonyl (C=O) groups is 2. The van der Waals surface area contributed by atoms with E-state index in [4.69, 9.17) is 0 Å². The molecule has 0 aliphatic carbocycles. The summed E-state index contributed by atoms with van der Waals surface area (Å²) in [6, 6.07) is 14.6. The molecule has 2 aromatic carbocycles. The van der Waals surface area contributed by atoms with Crippen LogP contribution in [-0.4, -0.2) is 34.4 Å². The van der Waals surface area contributed by atoms with Crippen LogP contribution in [0, 0.1) is 6.92 Å². The van der Waals surface area contributed by atoms with Gasteiger partial charge in [0, 0.05) is 5.56 Å². The van der Waals surface area contributed by atoms with E-state index in [1.807, 2.05) is 5.32 Å². The summed E-state index contributed by atoms with van der Waals surface area (Å²) >= 11 is 0. The van der Waals surface area contributed by atoms with Crippen LogP contribution < -0.4 is 5.32 Å². The van der Waals surface area contributed by atoms with Crippen LogP contribution in [0.3, 0.4) is 0 Å². The third-order valence-corrected chi connectivity index (χ3v) is 4.48. The van der Waals surface area contributed by atoms with Crippen LogP contribution in [0.15, 0.2) is 59.6 Å². The van der Waals surface area contributed by atoms with E-state index in [1.54, 1.807) is 49.4 Å². The smallest absolute Gasteiger partial charge is 0.312 e. The molecular weight excluding hydrogens is 371 g/mol. The van der Waals surface area contributed by atoms with Crippen molar-refractivity contribution in [3.8, 4) is 0 Å². The molecule has 0 aromatic heterocycles. The Bertz CT molecular complexity index is 924. The highest BCUT2D eigenvalue weighted by Crippen LogP contribution is 2.38. The molecule has 1 atom stereocenters. The number of alkyl halides is 3. The van der Waals surface area contributed by atoms with E-state index >= 15 is 0 Å². The molecule has 2 amide bonds. The summed E-state index contributed by atoms with van der Waals surface area (Å²) in [7, 11) is 0. The van der Waals surface area contributed by atoms with E-state index in [0.717, 1.165) is 10.5 Å². The fraction of sp³-hybridized carbons (Fsp3) is 0.250. The van der Waals surface area contributed by atoms with Crippen LogP contribution in [-0.2, 0) is 11.3 Å². The first-order valence-corrected chi connectivity index (χ1v) is 8.52. The molecule has 0 saturated carbocycles. The lowest BCUT2D eigenvalue weighted by atomic mass is 10.1. The van der Waals surface area contributed by atoms with Crippen LogP contribution in [0.2, 0.25) is 0 Å². The minimum Gasteiger partial charge on any atom is -0.312 e. The maximum absolute atomic E-state index is 13.9. The lowest BCUT2D eigenvalue weighted by Gasteiger charge is -2.29. The van der Waals surface area contributed by atoms with E-state index < -0.39 is 23.7 Å². The molecule has 1 unspecified atom stereocenters. The molecule has 0 bridgehead atoms. The Hall–Kier alpha value is -3.16. The first kappa shape index (κ1) is 19.6. The summed E-state index contributed by atoms with van der Waals surface area (Å²) < 4.78 is 41.8. The standard InChI is InChI=1S/C20H18F3N3O2/c1-13-8-10-16(11-9-13)17(27)25-19(20(21,22)23)18(28)26(14(2)24-19)12-15-6-4-3-5-7-15/h3-11H,12H2,1-2H3,(H,25,27). The second-order valence-electron chi connectivity index (χ2n) is 6.56. The zero-order valence-corrected chi connectivity index (χ0v) is 15.2. The summed E-state index contributed by atoms with van der Waals surface area (Å²) in [6.07, 6.45) is -5.10. The molecule has 0 radical (unpaired) electrons. The van der Waals surface area contributed by atoms with Crippen LogP contribution in [0.5, 0.6) is 0 Å². The number of halogens is 3. The maximum Gasteiger partial charge on any atom is 0.442 e. The molecule has 8 heteroatoms. The van der Waals surface area contributed by atoms with Gasteiger partial charge in [-0.25, -0.2) is 4.99 Å². The second-order valence-corrected chi connectivity index (χ2v) is 6.56. The van der Waals surface area contributed by atoms with E-state index in [1.165, 1.54) is 19.1 Å². The van der Waals surface area contributed by atoms with Gasteiger partial charge in [0.15, 0.2) is 0 Å². The molecule has 2 aromatic rings. The Morgan fingerprint density at radius 3 is 2.25 bits per heavy atom. The molecule has 146 valence electrons. The number of aliphatic imine (C=N–C) groups is 1. The fourth-order valence-corrected chi connectivity index (χ4v) is 2.92. The van der Waals surface area contributed by atoms with Crippen molar-refractivity contribution in [2.45, 2.75) is 32.2 Å². The summed E-state index contributed by atoms with van der Waals surface area (Å²) in [4.78, 5) is 29.7. The predicted octanol–water partition coefficient (Wildman–Crippen LogP) is 3.44.